The molecule has 0 aliphatic rings. The molecule has 0 fully saturated rings. The van der Waals surface area contributed by atoms with Crippen molar-refractivity contribution in [2.24, 2.45) is 5.73 Å². The van der Waals surface area contributed by atoms with E-state index in [1.54, 1.807) is 0 Å². The number of benzene rings is 1. The number of nitrogens with zero attached hydrogens (tertiary/aromatic N) is 1. The molecule has 16 heavy (non-hydrogen) atoms. The van der Waals surface area contributed by atoms with Crippen molar-refractivity contribution in [1.29, 1.82) is 0 Å². The summed E-state index contributed by atoms with van der Waals surface area (Å²) in [5.41, 5.74) is 9.16. The molecule has 1 unspecified atom stereocenters. The first kappa shape index (κ1) is 11.1. The van der Waals surface area contributed by atoms with Crippen molar-refractivity contribution < 1.29 is 0 Å². The van der Waals surface area contributed by atoms with Crippen molar-refractivity contribution >= 4 is 11.0 Å². The minimum atomic E-state index is -0.0487. The number of aryl methyl sites for hydroxylation is 1. The molecule has 3 nitrogen and oxygen atoms in total. The fourth-order valence-electron chi connectivity index (χ4n) is 1.82. The maximum Gasteiger partial charge on any atom is 0.114 e. The Morgan fingerprint density at radius 2 is 2.19 bits per heavy atom. The van der Waals surface area contributed by atoms with Crippen molar-refractivity contribution in [2.75, 3.05) is 6.54 Å². The number of aromatic nitrogens is 2. The first-order valence-corrected chi connectivity index (χ1v) is 5.76. The molecule has 0 aliphatic heterocycles. The predicted octanol–water partition coefficient (Wildman–Crippen LogP) is 2.50. The van der Waals surface area contributed by atoms with Gasteiger partial charge in [0.15, 0.2) is 0 Å². The van der Waals surface area contributed by atoms with Gasteiger partial charge in [0.2, 0.25) is 0 Å². The molecule has 0 aliphatic carbocycles. The highest BCUT2D eigenvalue weighted by molar-refractivity contribution is 5.76. The molecule has 0 saturated carbocycles. The number of nitrogens with two attached hydrogens (primary N) is 1. The van der Waals surface area contributed by atoms with Crippen LogP contribution in [0.25, 0.3) is 11.0 Å². The third kappa shape index (κ3) is 1.71. The molecular formula is C13H19N3. The van der Waals surface area contributed by atoms with Crippen LogP contribution in [0.5, 0.6) is 0 Å². The summed E-state index contributed by atoms with van der Waals surface area (Å²) in [6.45, 7) is 6.99. The Hall–Kier alpha value is -1.35. The van der Waals surface area contributed by atoms with Gasteiger partial charge in [-0.2, -0.15) is 0 Å². The Kier molecular flexibility index (Phi) is 2.72. The predicted molar refractivity (Wildman–Crippen MR) is 67.5 cm³/mol. The van der Waals surface area contributed by atoms with Crippen LogP contribution in [0.2, 0.25) is 0 Å². The van der Waals surface area contributed by atoms with Gasteiger partial charge in [0.1, 0.15) is 5.82 Å². The summed E-state index contributed by atoms with van der Waals surface area (Å²) in [7, 11) is 0. The van der Waals surface area contributed by atoms with Gasteiger partial charge >= 0.3 is 0 Å². The second kappa shape index (κ2) is 3.91. The molecule has 2 aromatic rings. The number of hydrogen-bond donors (Lipinski definition) is 2. The Labute approximate surface area is 96.1 Å². The standard InChI is InChI=1S/C13H19N3/c1-4-13(3,8-14)12-15-10-6-5-9(2)7-11(10)16-12/h5-7H,4,8,14H2,1-3H3,(H,15,16). The summed E-state index contributed by atoms with van der Waals surface area (Å²) in [6.07, 6.45) is 0.988. The average Bonchev–Trinajstić information content (AvgIpc) is 2.71. The van der Waals surface area contributed by atoms with E-state index in [-0.39, 0.29) is 5.41 Å². The summed E-state index contributed by atoms with van der Waals surface area (Å²) in [4.78, 5) is 8.02. The Balaban J connectivity index is 2.54. The first-order chi connectivity index (χ1) is 7.59. The lowest BCUT2D eigenvalue weighted by Gasteiger charge is -2.23. The molecule has 1 heterocycles. The number of H-pyrrole nitrogens is 1. The first-order valence-electron chi connectivity index (χ1n) is 5.76. The van der Waals surface area contributed by atoms with Gasteiger partial charge in [-0.25, -0.2) is 4.98 Å². The second-order valence-electron chi connectivity index (χ2n) is 4.72. The van der Waals surface area contributed by atoms with Crippen molar-refractivity contribution in [3.8, 4) is 0 Å². The molecule has 0 spiro atoms. The van der Waals surface area contributed by atoms with Crippen LogP contribution in [-0.4, -0.2) is 16.5 Å². The molecule has 0 radical (unpaired) electrons. The zero-order valence-electron chi connectivity index (χ0n) is 10.2. The molecule has 2 rings (SSSR count). The minimum Gasteiger partial charge on any atom is -0.341 e. The van der Waals surface area contributed by atoms with E-state index in [4.69, 9.17) is 5.73 Å². The molecule has 1 aromatic heterocycles. The number of aromatic amines is 1. The van der Waals surface area contributed by atoms with Crippen LogP contribution in [0.3, 0.4) is 0 Å². The van der Waals surface area contributed by atoms with E-state index < -0.39 is 0 Å². The summed E-state index contributed by atoms with van der Waals surface area (Å²) in [5, 5.41) is 0. The van der Waals surface area contributed by atoms with E-state index in [1.165, 1.54) is 5.56 Å². The molecular weight excluding hydrogens is 198 g/mol. The molecule has 3 heteroatoms. The summed E-state index contributed by atoms with van der Waals surface area (Å²) < 4.78 is 0. The van der Waals surface area contributed by atoms with Gasteiger partial charge in [0.05, 0.1) is 11.0 Å². The van der Waals surface area contributed by atoms with Gasteiger partial charge in [0, 0.05) is 12.0 Å². The zero-order valence-corrected chi connectivity index (χ0v) is 10.2. The number of nitrogens with one attached hydrogen (secondary N) is 1. The smallest absolute Gasteiger partial charge is 0.114 e. The summed E-state index contributed by atoms with van der Waals surface area (Å²) in [5.74, 6) is 0.998. The molecule has 1 atom stereocenters. The van der Waals surface area contributed by atoms with Gasteiger partial charge in [-0.15, -0.1) is 0 Å². The molecule has 3 N–H and O–H groups in total. The lowest BCUT2D eigenvalue weighted by molar-refractivity contribution is 0.443. The Morgan fingerprint density at radius 3 is 2.81 bits per heavy atom. The SMILES string of the molecule is CCC(C)(CN)c1nc2ccc(C)cc2[nH]1. The highest BCUT2D eigenvalue weighted by atomic mass is 14.9. The second-order valence-corrected chi connectivity index (χ2v) is 4.72. The van der Waals surface area contributed by atoms with Crippen LogP contribution in [0.4, 0.5) is 0 Å². The quantitative estimate of drug-likeness (QED) is 0.830. The van der Waals surface area contributed by atoms with E-state index in [2.05, 4.69) is 48.9 Å². The monoisotopic (exact) mass is 217 g/mol. The minimum absolute atomic E-state index is 0.0487. The van der Waals surface area contributed by atoms with E-state index in [0.29, 0.717) is 6.54 Å². The van der Waals surface area contributed by atoms with Gasteiger partial charge in [-0.1, -0.05) is 19.9 Å². The lowest BCUT2D eigenvalue weighted by atomic mass is 9.87. The van der Waals surface area contributed by atoms with Gasteiger partial charge < -0.3 is 10.7 Å². The Bertz CT molecular complexity index is 495. The van der Waals surface area contributed by atoms with Crippen LogP contribution >= 0.6 is 0 Å². The van der Waals surface area contributed by atoms with Crippen molar-refractivity contribution in [3.05, 3.63) is 29.6 Å². The van der Waals surface area contributed by atoms with Crippen molar-refractivity contribution in [2.45, 2.75) is 32.6 Å². The number of rotatable bonds is 3. The van der Waals surface area contributed by atoms with E-state index >= 15 is 0 Å². The third-order valence-electron chi connectivity index (χ3n) is 3.44. The van der Waals surface area contributed by atoms with E-state index in [9.17, 15) is 0 Å². The normalized spacial score (nSPS) is 15.2. The third-order valence-corrected chi connectivity index (χ3v) is 3.44. The van der Waals surface area contributed by atoms with Crippen LogP contribution in [0.1, 0.15) is 31.7 Å². The highest BCUT2D eigenvalue weighted by Crippen LogP contribution is 2.26. The van der Waals surface area contributed by atoms with Crippen molar-refractivity contribution in [1.82, 2.24) is 9.97 Å². The largest absolute Gasteiger partial charge is 0.341 e. The molecule has 0 amide bonds. The summed E-state index contributed by atoms with van der Waals surface area (Å²) >= 11 is 0. The van der Waals surface area contributed by atoms with Crippen LogP contribution in [-0.2, 0) is 5.41 Å². The van der Waals surface area contributed by atoms with E-state index in [0.717, 1.165) is 23.3 Å². The average molecular weight is 217 g/mol. The van der Waals surface area contributed by atoms with Crippen LogP contribution in [0, 0.1) is 6.92 Å². The number of fused-ring (bicyclic) bond motifs is 1. The highest BCUT2D eigenvalue weighted by Gasteiger charge is 2.26. The fourth-order valence-corrected chi connectivity index (χ4v) is 1.82. The maximum absolute atomic E-state index is 5.84. The number of imidazole rings is 1. The summed E-state index contributed by atoms with van der Waals surface area (Å²) in [6, 6.07) is 6.26. The van der Waals surface area contributed by atoms with Crippen LogP contribution in [0.15, 0.2) is 18.2 Å². The maximum atomic E-state index is 5.84. The molecule has 0 saturated heterocycles. The van der Waals surface area contributed by atoms with E-state index in [1.807, 2.05) is 0 Å². The van der Waals surface area contributed by atoms with Gasteiger partial charge in [0.25, 0.3) is 0 Å². The molecule has 1 aromatic carbocycles. The van der Waals surface area contributed by atoms with Crippen LogP contribution < -0.4 is 5.73 Å². The molecule has 0 bridgehead atoms. The van der Waals surface area contributed by atoms with Gasteiger partial charge in [-0.3, -0.25) is 0 Å². The van der Waals surface area contributed by atoms with Crippen molar-refractivity contribution in [3.63, 3.8) is 0 Å². The van der Waals surface area contributed by atoms with Gasteiger partial charge in [-0.05, 0) is 31.0 Å². The zero-order chi connectivity index (χ0) is 11.8. The Morgan fingerprint density at radius 1 is 1.44 bits per heavy atom. The molecule has 86 valence electrons. The fraction of sp³-hybridized carbons (Fsp3) is 0.462. The lowest BCUT2D eigenvalue weighted by Crippen LogP contribution is -2.32. The topological polar surface area (TPSA) is 54.7 Å². The number of hydrogen-bond acceptors (Lipinski definition) is 2.